The number of rotatable bonds is 9. The van der Waals surface area contributed by atoms with Crippen LogP contribution >= 0.6 is 0 Å². The zero-order valence-corrected chi connectivity index (χ0v) is 13.0. The summed E-state index contributed by atoms with van der Waals surface area (Å²) in [6.45, 7) is 6.18. The van der Waals surface area contributed by atoms with Gasteiger partial charge in [-0.1, -0.05) is 36.4 Å². The van der Waals surface area contributed by atoms with Gasteiger partial charge in [0.2, 0.25) is 0 Å². The number of aryl methyl sites for hydroxylation is 1. The predicted octanol–water partition coefficient (Wildman–Crippen LogP) is 2.94. The van der Waals surface area contributed by atoms with Crippen molar-refractivity contribution in [2.75, 3.05) is 40.0 Å². The molecule has 0 spiro atoms. The van der Waals surface area contributed by atoms with Crippen molar-refractivity contribution in [2.24, 2.45) is 0 Å². The normalized spacial score (nSPS) is 11.1. The lowest BCUT2D eigenvalue weighted by atomic mass is 9.98. The fourth-order valence-electron chi connectivity index (χ4n) is 2.50. The number of fused-ring (bicyclic) bond motifs is 1. The molecule has 0 saturated heterocycles. The van der Waals surface area contributed by atoms with Crippen LogP contribution in [0.4, 0.5) is 0 Å². The number of nitrogens with one attached hydrogen (secondary N) is 1. The highest BCUT2D eigenvalue weighted by Gasteiger charge is 2.04. The fraction of sp³-hybridized carbons (Fsp3) is 0.444. The number of methoxy groups -OCH3 is 1. The molecular weight excluding hydrogens is 262 g/mol. The average molecular weight is 287 g/mol. The maximum absolute atomic E-state index is 5.72. The first-order chi connectivity index (χ1) is 10.3. The third-order valence-electron chi connectivity index (χ3n) is 3.68. The summed E-state index contributed by atoms with van der Waals surface area (Å²) in [6.07, 6.45) is 0.964. The second kappa shape index (κ2) is 8.78. The Labute approximate surface area is 127 Å². The molecule has 21 heavy (non-hydrogen) atoms. The minimum atomic E-state index is 0.744. The van der Waals surface area contributed by atoms with Crippen molar-refractivity contribution >= 4 is 10.8 Å². The fourth-order valence-corrected chi connectivity index (χ4v) is 2.50. The summed E-state index contributed by atoms with van der Waals surface area (Å²) in [5, 5.41) is 5.93. The molecule has 0 heterocycles. The first-order valence-electron chi connectivity index (χ1n) is 7.57. The van der Waals surface area contributed by atoms with Gasteiger partial charge in [0.15, 0.2) is 0 Å². The van der Waals surface area contributed by atoms with Gasteiger partial charge in [0.25, 0.3) is 0 Å². The Kier molecular flexibility index (Phi) is 6.67. The highest BCUT2D eigenvalue weighted by Crippen LogP contribution is 2.22. The Hall–Kier alpha value is -1.42. The number of hydrogen-bond donors (Lipinski definition) is 1. The number of hydrogen-bond acceptors (Lipinski definition) is 3. The molecule has 0 radical (unpaired) electrons. The van der Waals surface area contributed by atoms with Gasteiger partial charge in [0.05, 0.1) is 19.8 Å². The van der Waals surface area contributed by atoms with E-state index in [9.17, 15) is 0 Å². The van der Waals surface area contributed by atoms with Gasteiger partial charge in [-0.15, -0.1) is 0 Å². The highest BCUT2D eigenvalue weighted by atomic mass is 16.5. The average Bonchev–Trinajstić information content (AvgIpc) is 2.51. The molecule has 114 valence electrons. The summed E-state index contributed by atoms with van der Waals surface area (Å²) in [5.41, 5.74) is 2.75. The molecule has 0 aliphatic carbocycles. The van der Waals surface area contributed by atoms with Crippen LogP contribution in [0.3, 0.4) is 0 Å². The number of ether oxygens (including phenoxy) is 2. The summed E-state index contributed by atoms with van der Waals surface area (Å²) in [6, 6.07) is 12.9. The maximum atomic E-state index is 5.72. The summed E-state index contributed by atoms with van der Waals surface area (Å²) in [7, 11) is 1.71. The van der Waals surface area contributed by atoms with Crippen LogP contribution in [0, 0.1) is 6.92 Å². The van der Waals surface area contributed by atoms with Crippen LogP contribution in [-0.4, -0.2) is 40.0 Å². The monoisotopic (exact) mass is 287 g/mol. The Bertz CT molecular complexity index is 554. The van der Waals surface area contributed by atoms with Gasteiger partial charge in [-0.25, -0.2) is 0 Å². The van der Waals surface area contributed by atoms with Gasteiger partial charge in [-0.3, -0.25) is 0 Å². The molecule has 0 fully saturated rings. The molecule has 2 rings (SSSR count). The molecule has 2 aromatic rings. The van der Waals surface area contributed by atoms with E-state index in [0.29, 0.717) is 0 Å². The van der Waals surface area contributed by atoms with E-state index in [1.54, 1.807) is 7.11 Å². The first kappa shape index (κ1) is 16.0. The Morgan fingerprint density at radius 2 is 1.76 bits per heavy atom. The summed E-state index contributed by atoms with van der Waals surface area (Å²) < 4.78 is 10.7. The highest BCUT2D eigenvalue weighted by molar-refractivity contribution is 5.86. The third-order valence-corrected chi connectivity index (χ3v) is 3.68. The summed E-state index contributed by atoms with van der Waals surface area (Å²) >= 11 is 0. The second-order valence-electron chi connectivity index (χ2n) is 5.19. The van der Waals surface area contributed by atoms with Crippen molar-refractivity contribution in [3.63, 3.8) is 0 Å². The minimum absolute atomic E-state index is 0.744. The van der Waals surface area contributed by atoms with Crippen LogP contribution < -0.4 is 5.32 Å². The van der Waals surface area contributed by atoms with Gasteiger partial charge >= 0.3 is 0 Å². The molecule has 3 nitrogen and oxygen atoms in total. The molecule has 0 aliphatic heterocycles. The van der Waals surface area contributed by atoms with E-state index < -0.39 is 0 Å². The Balaban J connectivity index is 1.79. The molecule has 2 aromatic carbocycles. The van der Waals surface area contributed by atoms with Gasteiger partial charge in [0, 0.05) is 20.2 Å². The van der Waals surface area contributed by atoms with Crippen LogP contribution in [0.5, 0.6) is 0 Å². The molecule has 0 aliphatic rings. The first-order valence-corrected chi connectivity index (χ1v) is 7.57. The molecular formula is C18H25NO2. The quantitative estimate of drug-likeness (QED) is 0.719. The molecule has 0 unspecified atom stereocenters. The van der Waals surface area contributed by atoms with Crippen molar-refractivity contribution < 1.29 is 9.47 Å². The lowest BCUT2D eigenvalue weighted by Gasteiger charge is -2.11. The zero-order valence-electron chi connectivity index (χ0n) is 13.0. The predicted molar refractivity (Wildman–Crippen MR) is 88.0 cm³/mol. The second-order valence-corrected chi connectivity index (χ2v) is 5.19. The van der Waals surface area contributed by atoms with Crippen LogP contribution in [0.1, 0.15) is 11.1 Å². The van der Waals surface area contributed by atoms with Crippen LogP contribution in [0.15, 0.2) is 36.4 Å². The molecule has 1 N–H and O–H groups in total. The lowest BCUT2D eigenvalue weighted by Crippen LogP contribution is -2.23. The van der Waals surface area contributed by atoms with Gasteiger partial charge in [0.1, 0.15) is 0 Å². The van der Waals surface area contributed by atoms with Crippen LogP contribution in [0.25, 0.3) is 10.8 Å². The SMILES string of the molecule is COCCNCCOCCc1c(C)ccc2ccccc12. The van der Waals surface area contributed by atoms with E-state index in [2.05, 4.69) is 48.6 Å². The molecule has 0 aromatic heterocycles. The van der Waals surface area contributed by atoms with Crippen LogP contribution in [0.2, 0.25) is 0 Å². The molecule has 0 amide bonds. The van der Waals surface area contributed by atoms with Gasteiger partial charge in [-0.05, 0) is 35.2 Å². The van der Waals surface area contributed by atoms with E-state index in [0.717, 1.165) is 39.3 Å². The standard InChI is InChI=1S/C18H25NO2/c1-15-7-8-16-5-3-4-6-18(16)17(15)9-12-21-14-11-19-10-13-20-2/h3-8,19H,9-14H2,1-2H3. The molecule has 0 bridgehead atoms. The van der Waals surface area contributed by atoms with E-state index in [1.807, 2.05) is 0 Å². The molecule has 0 atom stereocenters. The smallest absolute Gasteiger partial charge is 0.0591 e. The van der Waals surface area contributed by atoms with Crippen molar-refractivity contribution in [2.45, 2.75) is 13.3 Å². The van der Waals surface area contributed by atoms with Crippen molar-refractivity contribution in [1.29, 1.82) is 0 Å². The van der Waals surface area contributed by atoms with Gasteiger partial charge in [-0.2, -0.15) is 0 Å². The maximum Gasteiger partial charge on any atom is 0.0591 e. The van der Waals surface area contributed by atoms with E-state index in [4.69, 9.17) is 9.47 Å². The summed E-state index contributed by atoms with van der Waals surface area (Å²) in [5.74, 6) is 0. The van der Waals surface area contributed by atoms with E-state index >= 15 is 0 Å². The Morgan fingerprint density at radius 1 is 0.952 bits per heavy atom. The molecule has 3 heteroatoms. The summed E-state index contributed by atoms with van der Waals surface area (Å²) in [4.78, 5) is 0. The van der Waals surface area contributed by atoms with Crippen molar-refractivity contribution in [3.8, 4) is 0 Å². The Morgan fingerprint density at radius 3 is 2.62 bits per heavy atom. The largest absolute Gasteiger partial charge is 0.383 e. The molecule has 0 saturated carbocycles. The third kappa shape index (κ3) is 4.81. The van der Waals surface area contributed by atoms with Crippen molar-refractivity contribution in [3.05, 3.63) is 47.5 Å². The topological polar surface area (TPSA) is 30.5 Å². The lowest BCUT2D eigenvalue weighted by molar-refractivity contribution is 0.135. The number of benzene rings is 2. The van der Waals surface area contributed by atoms with Crippen LogP contribution in [-0.2, 0) is 15.9 Å². The van der Waals surface area contributed by atoms with Gasteiger partial charge < -0.3 is 14.8 Å². The van der Waals surface area contributed by atoms with E-state index in [-0.39, 0.29) is 0 Å². The van der Waals surface area contributed by atoms with E-state index in [1.165, 1.54) is 21.9 Å². The minimum Gasteiger partial charge on any atom is -0.383 e. The van der Waals surface area contributed by atoms with Crippen molar-refractivity contribution in [1.82, 2.24) is 5.32 Å². The zero-order chi connectivity index (χ0) is 14.9.